The number of carbonyl (C=O) groups is 1. The molecule has 2 heterocycles. The van der Waals surface area contributed by atoms with Crippen LogP contribution in [0.15, 0.2) is 36.9 Å². The van der Waals surface area contributed by atoms with Gasteiger partial charge < -0.3 is 0 Å². The second kappa shape index (κ2) is 4.01. The molecule has 0 aliphatic heterocycles. The van der Waals surface area contributed by atoms with E-state index >= 15 is 0 Å². The molecule has 1 aliphatic rings. The number of imidazole rings is 1. The van der Waals surface area contributed by atoms with Gasteiger partial charge in [0.05, 0.1) is 5.69 Å². The maximum Gasteiger partial charge on any atom is 0.288 e. The number of hydrogen-bond donors (Lipinski definition) is 1. The Hall–Kier alpha value is -2.17. The van der Waals surface area contributed by atoms with Crippen LogP contribution in [0.2, 0.25) is 0 Å². The fourth-order valence-corrected chi connectivity index (χ4v) is 1.66. The van der Waals surface area contributed by atoms with Crippen molar-refractivity contribution in [3.05, 3.63) is 48.3 Å². The molecule has 1 aliphatic carbocycles. The monoisotopic (exact) mass is 228 g/mol. The minimum Gasteiger partial charge on any atom is -0.266 e. The molecule has 0 unspecified atom stereocenters. The number of nitrogens with one attached hydrogen (secondary N) is 1. The van der Waals surface area contributed by atoms with Crippen LogP contribution in [0, 0.1) is 0 Å². The predicted molar refractivity (Wildman–Crippen MR) is 62.1 cm³/mol. The van der Waals surface area contributed by atoms with Gasteiger partial charge in [-0.05, 0) is 25.0 Å². The van der Waals surface area contributed by atoms with E-state index in [1.54, 1.807) is 35.4 Å². The Morgan fingerprint density at radius 3 is 2.94 bits per heavy atom. The molecule has 0 bridgehead atoms. The fraction of sp³-hybridized carbons (Fsp3) is 0.250. The smallest absolute Gasteiger partial charge is 0.266 e. The van der Waals surface area contributed by atoms with Crippen LogP contribution in [0.4, 0.5) is 0 Å². The van der Waals surface area contributed by atoms with Crippen molar-refractivity contribution in [3.8, 4) is 0 Å². The van der Waals surface area contributed by atoms with Gasteiger partial charge in [-0.1, -0.05) is 6.07 Å². The minimum atomic E-state index is -0.231. The van der Waals surface area contributed by atoms with Crippen LogP contribution in [-0.4, -0.2) is 20.6 Å². The topological polar surface area (TPSA) is 59.8 Å². The van der Waals surface area contributed by atoms with Crippen LogP contribution >= 0.6 is 0 Å². The van der Waals surface area contributed by atoms with Gasteiger partial charge in [-0.15, -0.1) is 0 Å². The Morgan fingerprint density at radius 1 is 1.35 bits per heavy atom. The van der Waals surface area contributed by atoms with Crippen LogP contribution in [0.25, 0.3) is 0 Å². The lowest BCUT2D eigenvalue weighted by atomic mass is 10.3. The van der Waals surface area contributed by atoms with Gasteiger partial charge in [0.1, 0.15) is 12.0 Å². The first-order valence-corrected chi connectivity index (χ1v) is 5.59. The first-order chi connectivity index (χ1) is 8.33. The molecule has 1 fully saturated rings. The molecule has 17 heavy (non-hydrogen) atoms. The average molecular weight is 228 g/mol. The largest absolute Gasteiger partial charge is 0.288 e. The summed E-state index contributed by atoms with van der Waals surface area (Å²) in [5.41, 5.74) is 4.16. The molecule has 0 atom stereocenters. The Balaban J connectivity index is 1.71. The first kappa shape index (κ1) is 10.0. The van der Waals surface area contributed by atoms with Gasteiger partial charge in [-0.3, -0.25) is 15.2 Å². The summed E-state index contributed by atoms with van der Waals surface area (Å²) >= 11 is 0. The molecule has 5 heteroatoms. The van der Waals surface area contributed by atoms with Crippen molar-refractivity contribution in [2.45, 2.75) is 18.8 Å². The average Bonchev–Trinajstić information content (AvgIpc) is 3.12. The lowest BCUT2D eigenvalue weighted by Crippen LogP contribution is -2.22. The Kier molecular flexibility index (Phi) is 2.36. The zero-order chi connectivity index (χ0) is 11.7. The molecule has 2 aromatic rings. The molecular formula is C12H12N4O. The lowest BCUT2D eigenvalue weighted by Gasteiger charge is -2.03. The molecule has 2 aromatic heterocycles. The second-order valence-corrected chi connectivity index (χ2v) is 4.14. The number of aromatic nitrogens is 3. The molecule has 5 nitrogen and oxygen atoms in total. The van der Waals surface area contributed by atoms with E-state index < -0.39 is 0 Å². The number of nitrogens with zero attached hydrogens (tertiary/aromatic N) is 3. The molecule has 0 radical (unpaired) electrons. The van der Waals surface area contributed by atoms with E-state index in [0.717, 1.165) is 5.69 Å². The molecule has 3 rings (SSSR count). The van der Waals surface area contributed by atoms with E-state index in [1.165, 1.54) is 12.8 Å². The van der Waals surface area contributed by atoms with E-state index in [0.29, 0.717) is 11.6 Å². The highest BCUT2D eigenvalue weighted by Gasteiger charge is 2.25. The lowest BCUT2D eigenvalue weighted by molar-refractivity contribution is 0.100. The molecule has 1 amide bonds. The fourth-order valence-electron chi connectivity index (χ4n) is 1.66. The van der Waals surface area contributed by atoms with Crippen LogP contribution in [0.1, 0.15) is 34.9 Å². The van der Waals surface area contributed by atoms with E-state index in [2.05, 4.69) is 15.4 Å². The standard InChI is InChI=1S/C12H12N4O/c17-12(10-3-1-2-6-13-10)15-16-7-11(14-8-16)9-4-5-9/h1-3,6-9H,4-5H2,(H,15,17). The van der Waals surface area contributed by atoms with Crippen LogP contribution < -0.4 is 5.43 Å². The number of carbonyl (C=O) groups excluding carboxylic acids is 1. The van der Waals surface area contributed by atoms with Crippen LogP contribution in [-0.2, 0) is 0 Å². The van der Waals surface area contributed by atoms with Crippen molar-refractivity contribution >= 4 is 5.91 Å². The Bertz CT molecular complexity index is 530. The first-order valence-electron chi connectivity index (χ1n) is 5.59. The molecular weight excluding hydrogens is 216 g/mol. The summed E-state index contributed by atoms with van der Waals surface area (Å²) in [5.74, 6) is 0.355. The summed E-state index contributed by atoms with van der Waals surface area (Å²) in [7, 11) is 0. The summed E-state index contributed by atoms with van der Waals surface area (Å²) in [4.78, 5) is 20.0. The molecule has 0 saturated heterocycles. The summed E-state index contributed by atoms with van der Waals surface area (Å²) in [6.07, 6.45) is 7.47. The van der Waals surface area contributed by atoms with Gasteiger partial charge >= 0.3 is 0 Å². The van der Waals surface area contributed by atoms with Gasteiger partial charge in [0, 0.05) is 18.3 Å². The predicted octanol–water partition coefficient (Wildman–Crippen LogP) is 1.54. The summed E-state index contributed by atoms with van der Waals surface area (Å²) < 4.78 is 1.59. The van der Waals surface area contributed by atoms with Gasteiger partial charge in [0.2, 0.25) is 0 Å². The van der Waals surface area contributed by atoms with Gasteiger partial charge in [-0.25, -0.2) is 9.66 Å². The Morgan fingerprint density at radius 2 is 2.24 bits per heavy atom. The van der Waals surface area contributed by atoms with Crippen LogP contribution in [0.3, 0.4) is 0 Å². The van der Waals surface area contributed by atoms with E-state index in [9.17, 15) is 4.79 Å². The highest BCUT2D eigenvalue weighted by molar-refractivity contribution is 5.98. The van der Waals surface area contributed by atoms with Crippen molar-refractivity contribution < 1.29 is 4.79 Å². The molecule has 86 valence electrons. The molecule has 1 saturated carbocycles. The maximum absolute atomic E-state index is 11.8. The zero-order valence-corrected chi connectivity index (χ0v) is 9.21. The quantitative estimate of drug-likeness (QED) is 0.866. The van der Waals surface area contributed by atoms with E-state index in [1.807, 2.05) is 6.20 Å². The van der Waals surface area contributed by atoms with Gasteiger partial charge in [0.25, 0.3) is 5.91 Å². The third kappa shape index (κ3) is 2.18. The molecule has 1 N–H and O–H groups in total. The number of amides is 1. The molecule has 0 spiro atoms. The van der Waals surface area contributed by atoms with Crippen molar-refractivity contribution in [2.75, 3.05) is 5.43 Å². The SMILES string of the molecule is O=C(Nn1cnc(C2CC2)c1)c1ccccn1. The van der Waals surface area contributed by atoms with Crippen molar-refractivity contribution in [2.24, 2.45) is 0 Å². The highest BCUT2D eigenvalue weighted by atomic mass is 16.2. The Labute approximate surface area is 98.5 Å². The number of pyridine rings is 1. The summed E-state index contributed by atoms with van der Waals surface area (Å²) in [5, 5.41) is 0. The summed E-state index contributed by atoms with van der Waals surface area (Å²) in [6.45, 7) is 0. The third-order valence-corrected chi connectivity index (χ3v) is 2.73. The van der Waals surface area contributed by atoms with Crippen molar-refractivity contribution in [1.29, 1.82) is 0 Å². The second-order valence-electron chi connectivity index (χ2n) is 4.14. The van der Waals surface area contributed by atoms with Gasteiger partial charge in [0.15, 0.2) is 0 Å². The van der Waals surface area contributed by atoms with Gasteiger partial charge in [-0.2, -0.15) is 0 Å². The van der Waals surface area contributed by atoms with Crippen LogP contribution in [0.5, 0.6) is 0 Å². The number of hydrogen-bond acceptors (Lipinski definition) is 3. The summed E-state index contributed by atoms with van der Waals surface area (Å²) in [6, 6.07) is 5.23. The third-order valence-electron chi connectivity index (χ3n) is 2.73. The van der Waals surface area contributed by atoms with Crippen molar-refractivity contribution in [1.82, 2.24) is 14.6 Å². The highest BCUT2D eigenvalue weighted by Crippen LogP contribution is 2.38. The molecule has 0 aromatic carbocycles. The van der Waals surface area contributed by atoms with E-state index in [4.69, 9.17) is 0 Å². The normalized spacial score (nSPS) is 14.6. The van der Waals surface area contributed by atoms with Crippen molar-refractivity contribution in [3.63, 3.8) is 0 Å². The van der Waals surface area contributed by atoms with E-state index in [-0.39, 0.29) is 5.91 Å². The number of rotatable bonds is 3. The minimum absolute atomic E-state index is 0.231. The maximum atomic E-state index is 11.8. The zero-order valence-electron chi connectivity index (χ0n) is 9.21.